The Hall–Kier alpha value is -3.34. The van der Waals surface area contributed by atoms with Crippen LogP contribution in [0.25, 0.3) is 0 Å². The van der Waals surface area contributed by atoms with Gasteiger partial charge in [-0.2, -0.15) is 0 Å². The monoisotopic (exact) mass is 388 g/mol. The van der Waals surface area contributed by atoms with E-state index in [2.05, 4.69) is 10.6 Å². The first-order chi connectivity index (χ1) is 14.0. The topological polar surface area (TPSA) is 78.4 Å². The van der Waals surface area contributed by atoms with Crippen LogP contribution >= 0.6 is 0 Å². The van der Waals surface area contributed by atoms with Crippen LogP contribution in [-0.2, 0) is 9.59 Å². The van der Waals surface area contributed by atoms with E-state index in [9.17, 15) is 14.7 Å². The van der Waals surface area contributed by atoms with Gasteiger partial charge >= 0.3 is 0 Å². The molecule has 3 N–H and O–H groups in total. The molecule has 0 spiro atoms. The second-order valence-corrected chi connectivity index (χ2v) is 7.63. The van der Waals surface area contributed by atoms with Gasteiger partial charge in [0.15, 0.2) is 5.78 Å². The van der Waals surface area contributed by atoms with Gasteiger partial charge < -0.3 is 15.7 Å². The zero-order valence-electron chi connectivity index (χ0n) is 16.6. The van der Waals surface area contributed by atoms with Crippen molar-refractivity contribution < 1.29 is 14.7 Å². The van der Waals surface area contributed by atoms with Crippen LogP contribution in [0.5, 0.6) is 5.75 Å². The normalized spacial score (nSPS) is 19.0. The first kappa shape index (κ1) is 19.0. The molecule has 1 atom stereocenters. The summed E-state index contributed by atoms with van der Waals surface area (Å²) in [6.45, 7) is 3.80. The lowest BCUT2D eigenvalue weighted by atomic mass is 9.75. The van der Waals surface area contributed by atoms with Crippen molar-refractivity contribution in [1.29, 1.82) is 0 Å². The molecule has 1 aliphatic carbocycles. The van der Waals surface area contributed by atoms with Crippen molar-refractivity contribution in [2.24, 2.45) is 0 Å². The number of benzene rings is 2. The number of Topliss-reactive ketones (excluding diaryl/α,β-unsaturated/α-hetero) is 1. The summed E-state index contributed by atoms with van der Waals surface area (Å²) in [4.78, 5) is 26.2. The maximum atomic E-state index is 13.4. The van der Waals surface area contributed by atoms with Crippen LogP contribution in [-0.4, -0.2) is 16.8 Å². The minimum Gasteiger partial charge on any atom is -0.508 e. The van der Waals surface area contributed by atoms with Crippen LogP contribution in [0.3, 0.4) is 0 Å². The maximum Gasteiger partial charge on any atom is 0.254 e. The number of allylic oxidation sites excluding steroid dienone is 3. The number of hydrogen-bond acceptors (Lipinski definition) is 4. The highest BCUT2D eigenvalue weighted by molar-refractivity contribution is 6.10. The molecule has 0 fully saturated rings. The van der Waals surface area contributed by atoms with Crippen molar-refractivity contribution in [3.05, 3.63) is 82.2 Å². The Morgan fingerprint density at radius 3 is 2.66 bits per heavy atom. The average molecular weight is 388 g/mol. The van der Waals surface area contributed by atoms with Gasteiger partial charge in [0.05, 0.1) is 0 Å². The summed E-state index contributed by atoms with van der Waals surface area (Å²) >= 11 is 0. The predicted octanol–water partition coefficient (Wildman–Crippen LogP) is 4.31. The Kier molecular flexibility index (Phi) is 4.97. The molecular formula is C24H24N2O3. The number of phenolic OH excluding ortho intramolecular Hbond substituents is 1. The Balaban J connectivity index is 1.81. The Bertz CT molecular complexity index is 1070. The molecule has 0 radical (unpaired) electrons. The molecule has 0 bridgehead atoms. The van der Waals surface area contributed by atoms with E-state index in [4.69, 9.17) is 0 Å². The Morgan fingerprint density at radius 2 is 1.90 bits per heavy atom. The highest BCUT2D eigenvalue weighted by atomic mass is 16.3. The SMILES string of the molecule is CC1=C(C(=O)Nc2ccccc2C)[C@@H](c2cccc(O)c2)C2=C(CCCC2=O)N1. The van der Waals surface area contributed by atoms with Crippen molar-refractivity contribution in [3.8, 4) is 5.75 Å². The number of carbonyl (C=O) groups is 2. The molecule has 0 saturated heterocycles. The first-order valence-corrected chi connectivity index (χ1v) is 9.85. The number of aryl methyl sites for hydroxylation is 1. The number of hydrogen-bond donors (Lipinski definition) is 3. The van der Waals surface area contributed by atoms with E-state index in [1.54, 1.807) is 18.2 Å². The molecule has 1 aliphatic heterocycles. The minimum atomic E-state index is -0.504. The van der Waals surface area contributed by atoms with Crippen molar-refractivity contribution in [1.82, 2.24) is 5.32 Å². The molecule has 5 heteroatoms. The lowest BCUT2D eigenvalue weighted by molar-refractivity contribution is -0.116. The third-order valence-electron chi connectivity index (χ3n) is 5.62. The van der Waals surface area contributed by atoms with Gasteiger partial charge in [0.25, 0.3) is 5.91 Å². The first-order valence-electron chi connectivity index (χ1n) is 9.85. The molecule has 0 saturated carbocycles. The van der Waals surface area contributed by atoms with Crippen LogP contribution in [0, 0.1) is 6.92 Å². The van der Waals surface area contributed by atoms with Crippen molar-refractivity contribution in [2.45, 2.75) is 39.0 Å². The van der Waals surface area contributed by atoms with Gasteiger partial charge in [0, 0.05) is 40.6 Å². The highest BCUT2D eigenvalue weighted by Crippen LogP contribution is 2.43. The molecule has 1 heterocycles. The van der Waals surface area contributed by atoms with Crippen LogP contribution in [0.2, 0.25) is 0 Å². The molecule has 5 nitrogen and oxygen atoms in total. The second kappa shape index (κ2) is 7.59. The summed E-state index contributed by atoms with van der Waals surface area (Å²) < 4.78 is 0. The molecular weight excluding hydrogens is 364 g/mol. The number of anilines is 1. The van der Waals surface area contributed by atoms with Gasteiger partial charge in [-0.15, -0.1) is 0 Å². The zero-order chi connectivity index (χ0) is 20.5. The number of para-hydroxylation sites is 1. The Labute approximate surface area is 170 Å². The number of nitrogens with one attached hydrogen (secondary N) is 2. The maximum absolute atomic E-state index is 13.4. The smallest absolute Gasteiger partial charge is 0.254 e. The van der Waals surface area contributed by atoms with Crippen molar-refractivity contribution in [2.75, 3.05) is 5.32 Å². The zero-order valence-corrected chi connectivity index (χ0v) is 16.6. The van der Waals surface area contributed by atoms with E-state index in [1.807, 2.05) is 44.2 Å². The largest absolute Gasteiger partial charge is 0.508 e. The molecule has 1 amide bonds. The third kappa shape index (κ3) is 3.56. The fourth-order valence-electron chi connectivity index (χ4n) is 4.22. The van der Waals surface area contributed by atoms with E-state index in [1.165, 1.54) is 0 Å². The molecule has 0 unspecified atom stereocenters. The second-order valence-electron chi connectivity index (χ2n) is 7.63. The fourth-order valence-corrected chi connectivity index (χ4v) is 4.22. The highest BCUT2D eigenvalue weighted by Gasteiger charge is 2.38. The van der Waals surface area contributed by atoms with E-state index < -0.39 is 5.92 Å². The van der Waals surface area contributed by atoms with Gasteiger partial charge in [-0.1, -0.05) is 30.3 Å². The van der Waals surface area contributed by atoms with Crippen LogP contribution in [0.15, 0.2) is 71.1 Å². The summed E-state index contributed by atoms with van der Waals surface area (Å²) in [7, 11) is 0. The number of ketones is 1. The molecule has 29 heavy (non-hydrogen) atoms. The molecule has 0 aromatic heterocycles. The van der Waals surface area contributed by atoms with Gasteiger partial charge in [-0.25, -0.2) is 0 Å². The van der Waals surface area contributed by atoms with Crippen LogP contribution < -0.4 is 10.6 Å². The molecule has 2 aromatic carbocycles. The standard InChI is InChI=1S/C24H24N2O3/c1-14-7-3-4-10-18(14)26-24(29)21-15(2)25-19-11-6-12-20(28)23(19)22(21)16-8-5-9-17(27)13-16/h3-5,7-10,13,22,25,27H,6,11-12H2,1-2H3,(H,26,29)/t22-/m1/s1. The number of carbonyl (C=O) groups excluding carboxylic acids is 2. The number of amides is 1. The predicted molar refractivity (Wildman–Crippen MR) is 112 cm³/mol. The minimum absolute atomic E-state index is 0.0563. The number of aromatic hydroxyl groups is 1. The summed E-state index contributed by atoms with van der Waals surface area (Å²) in [5.74, 6) is -0.582. The lowest BCUT2D eigenvalue weighted by Crippen LogP contribution is -2.35. The van der Waals surface area contributed by atoms with E-state index in [-0.39, 0.29) is 17.4 Å². The summed E-state index contributed by atoms with van der Waals surface area (Å²) in [5, 5.41) is 16.3. The van der Waals surface area contributed by atoms with E-state index >= 15 is 0 Å². The molecule has 148 valence electrons. The summed E-state index contributed by atoms with van der Waals surface area (Å²) in [6, 6.07) is 14.4. The van der Waals surface area contributed by atoms with E-state index in [0.29, 0.717) is 17.6 Å². The molecule has 2 aliphatic rings. The fraction of sp³-hybridized carbons (Fsp3) is 0.250. The lowest BCUT2D eigenvalue weighted by Gasteiger charge is -2.34. The van der Waals surface area contributed by atoms with Crippen molar-refractivity contribution in [3.63, 3.8) is 0 Å². The summed E-state index contributed by atoms with van der Waals surface area (Å²) in [6.07, 6.45) is 2.05. The third-order valence-corrected chi connectivity index (χ3v) is 5.62. The number of dihydropyridines is 1. The number of phenols is 1. The van der Waals surface area contributed by atoms with E-state index in [0.717, 1.165) is 41.1 Å². The molecule has 2 aromatic rings. The quantitative estimate of drug-likeness (QED) is 0.732. The van der Waals surface area contributed by atoms with Gasteiger partial charge in [-0.05, 0) is 56.0 Å². The summed E-state index contributed by atoms with van der Waals surface area (Å²) in [5.41, 5.74) is 5.21. The van der Waals surface area contributed by atoms with Crippen LogP contribution in [0.4, 0.5) is 5.69 Å². The van der Waals surface area contributed by atoms with Gasteiger partial charge in [-0.3, -0.25) is 9.59 Å². The number of rotatable bonds is 3. The van der Waals surface area contributed by atoms with Gasteiger partial charge in [0.2, 0.25) is 0 Å². The Morgan fingerprint density at radius 1 is 1.10 bits per heavy atom. The molecule has 4 rings (SSSR count). The van der Waals surface area contributed by atoms with Gasteiger partial charge in [0.1, 0.15) is 5.75 Å². The van der Waals surface area contributed by atoms with Crippen molar-refractivity contribution >= 4 is 17.4 Å². The average Bonchev–Trinajstić information content (AvgIpc) is 2.69. The van der Waals surface area contributed by atoms with Crippen LogP contribution in [0.1, 0.15) is 43.2 Å².